The Kier molecular flexibility index (Phi) is 2.90. The molecule has 16 heavy (non-hydrogen) atoms. The zero-order valence-corrected chi connectivity index (χ0v) is 8.63. The molecule has 0 fully saturated rings. The topological polar surface area (TPSA) is 0 Å². The summed E-state index contributed by atoms with van der Waals surface area (Å²) in [5, 5.41) is 0. The van der Waals surface area contributed by atoms with Crippen LogP contribution in [0.3, 0.4) is 0 Å². The summed E-state index contributed by atoms with van der Waals surface area (Å²) in [4.78, 5) is 0. The SMILES string of the molecule is CC1=CC=C(C(F)(F)F)C(C)(C(F)(F)F)C1. The Labute approximate surface area is 88.6 Å². The van der Waals surface area contributed by atoms with E-state index in [0.717, 1.165) is 6.08 Å². The quantitative estimate of drug-likeness (QED) is 0.554. The monoisotopic (exact) mass is 244 g/mol. The van der Waals surface area contributed by atoms with E-state index in [9.17, 15) is 26.3 Å². The van der Waals surface area contributed by atoms with Crippen LogP contribution in [0.25, 0.3) is 0 Å². The molecule has 0 saturated heterocycles. The van der Waals surface area contributed by atoms with E-state index < -0.39 is 29.8 Å². The lowest BCUT2D eigenvalue weighted by atomic mass is 9.73. The second-order valence-corrected chi connectivity index (χ2v) is 4.10. The highest BCUT2D eigenvalue weighted by Crippen LogP contribution is 2.54. The van der Waals surface area contributed by atoms with Crippen molar-refractivity contribution >= 4 is 0 Å². The van der Waals surface area contributed by atoms with E-state index in [2.05, 4.69) is 0 Å². The van der Waals surface area contributed by atoms with Crippen molar-refractivity contribution in [2.45, 2.75) is 32.6 Å². The first-order valence-electron chi connectivity index (χ1n) is 4.50. The van der Waals surface area contributed by atoms with Crippen molar-refractivity contribution in [2.75, 3.05) is 0 Å². The number of halogens is 6. The van der Waals surface area contributed by atoms with Gasteiger partial charge in [-0.05, 0) is 20.3 Å². The molecule has 0 spiro atoms. The van der Waals surface area contributed by atoms with E-state index >= 15 is 0 Å². The van der Waals surface area contributed by atoms with Crippen LogP contribution >= 0.6 is 0 Å². The van der Waals surface area contributed by atoms with Gasteiger partial charge in [0.1, 0.15) is 0 Å². The smallest absolute Gasteiger partial charge is 0.170 e. The van der Waals surface area contributed by atoms with Crippen molar-refractivity contribution in [1.82, 2.24) is 0 Å². The molecule has 1 aliphatic rings. The summed E-state index contributed by atoms with van der Waals surface area (Å²) in [6, 6.07) is 0. The average molecular weight is 244 g/mol. The number of allylic oxidation sites excluding steroid dienone is 4. The van der Waals surface area contributed by atoms with Gasteiger partial charge in [-0.3, -0.25) is 0 Å². The van der Waals surface area contributed by atoms with E-state index in [1.807, 2.05) is 0 Å². The van der Waals surface area contributed by atoms with Crippen molar-refractivity contribution in [3.05, 3.63) is 23.3 Å². The van der Waals surface area contributed by atoms with E-state index in [1.54, 1.807) is 0 Å². The van der Waals surface area contributed by atoms with Gasteiger partial charge < -0.3 is 0 Å². The van der Waals surface area contributed by atoms with Gasteiger partial charge in [0, 0.05) is 5.57 Å². The van der Waals surface area contributed by atoms with E-state index in [1.165, 1.54) is 6.92 Å². The van der Waals surface area contributed by atoms with Crippen LogP contribution in [-0.2, 0) is 0 Å². The third-order valence-electron chi connectivity index (χ3n) is 2.69. The minimum absolute atomic E-state index is 0.285. The molecule has 0 amide bonds. The Hall–Kier alpha value is -0.940. The first kappa shape index (κ1) is 13.1. The molecule has 0 N–H and O–H groups in total. The molecular weight excluding hydrogens is 234 g/mol. The first-order valence-corrected chi connectivity index (χ1v) is 4.50. The lowest BCUT2D eigenvalue weighted by Gasteiger charge is -2.37. The molecule has 1 atom stereocenters. The predicted molar refractivity (Wildman–Crippen MR) is 46.7 cm³/mol. The van der Waals surface area contributed by atoms with Crippen LogP contribution in [0.4, 0.5) is 26.3 Å². The highest BCUT2D eigenvalue weighted by Gasteiger charge is 2.60. The Bertz CT molecular complexity index is 343. The third kappa shape index (κ3) is 2.10. The number of hydrogen-bond donors (Lipinski definition) is 0. The Morgan fingerprint density at radius 2 is 1.56 bits per heavy atom. The molecular formula is C10H10F6. The number of alkyl halides is 6. The molecule has 1 aliphatic carbocycles. The third-order valence-corrected chi connectivity index (χ3v) is 2.69. The summed E-state index contributed by atoms with van der Waals surface area (Å²) >= 11 is 0. The van der Waals surface area contributed by atoms with Crippen molar-refractivity contribution in [3.8, 4) is 0 Å². The van der Waals surface area contributed by atoms with Gasteiger partial charge >= 0.3 is 12.4 Å². The van der Waals surface area contributed by atoms with Crippen molar-refractivity contribution < 1.29 is 26.3 Å². The second kappa shape index (κ2) is 3.53. The Morgan fingerprint density at radius 3 is 1.94 bits per heavy atom. The molecule has 0 aromatic carbocycles. The second-order valence-electron chi connectivity index (χ2n) is 4.10. The summed E-state index contributed by atoms with van der Waals surface area (Å²) in [7, 11) is 0. The average Bonchev–Trinajstić information content (AvgIpc) is 1.98. The van der Waals surface area contributed by atoms with Crippen LogP contribution in [0, 0.1) is 5.41 Å². The van der Waals surface area contributed by atoms with Crippen molar-refractivity contribution in [2.24, 2.45) is 5.41 Å². The molecule has 0 aromatic rings. The van der Waals surface area contributed by atoms with E-state index in [-0.39, 0.29) is 5.57 Å². The van der Waals surface area contributed by atoms with Gasteiger partial charge in [-0.15, -0.1) is 0 Å². The van der Waals surface area contributed by atoms with Gasteiger partial charge in [0.2, 0.25) is 0 Å². The van der Waals surface area contributed by atoms with Crippen LogP contribution in [-0.4, -0.2) is 12.4 Å². The Balaban J connectivity index is 3.30. The molecule has 1 unspecified atom stereocenters. The summed E-state index contributed by atoms with van der Waals surface area (Å²) in [6.07, 6.45) is -8.92. The normalized spacial score (nSPS) is 27.5. The van der Waals surface area contributed by atoms with Gasteiger partial charge in [-0.2, -0.15) is 26.3 Å². The van der Waals surface area contributed by atoms with Crippen LogP contribution in [0.15, 0.2) is 23.3 Å². The summed E-state index contributed by atoms with van der Waals surface area (Å²) in [5.41, 5.74) is -4.09. The zero-order chi connectivity index (χ0) is 12.8. The fourth-order valence-corrected chi connectivity index (χ4v) is 1.78. The standard InChI is InChI=1S/C10H10F6/c1-6-3-4-7(9(11,12)13)8(2,5-6)10(14,15)16/h3-4H,5H2,1-2H3. The predicted octanol–water partition coefficient (Wildman–Crippen LogP) is 4.39. The zero-order valence-electron chi connectivity index (χ0n) is 8.63. The van der Waals surface area contributed by atoms with Crippen LogP contribution in [0.2, 0.25) is 0 Å². The Morgan fingerprint density at radius 1 is 1.06 bits per heavy atom. The van der Waals surface area contributed by atoms with Crippen LogP contribution < -0.4 is 0 Å². The molecule has 6 heteroatoms. The molecule has 0 radical (unpaired) electrons. The van der Waals surface area contributed by atoms with Gasteiger partial charge in [-0.25, -0.2) is 0 Å². The van der Waals surface area contributed by atoms with E-state index in [4.69, 9.17) is 0 Å². The maximum Gasteiger partial charge on any atom is 0.413 e. The fourth-order valence-electron chi connectivity index (χ4n) is 1.78. The lowest BCUT2D eigenvalue weighted by molar-refractivity contribution is -0.224. The highest BCUT2D eigenvalue weighted by atomic mass is 19.4. The lowest BCUT2D eigenvalue weighted by Crippen LogP contribution is -2.43. The molecule has 0 bridgehead atoms. The molecule has 0 heterocycles. The minimum atomic E-state index is -4.96. The van der Waals surface area contributed by atoms with Crippen molar-refractivity contribution in [3.63, 3.8) is 0 Å². The van der Waals surface area contributed by atoms with Crippen LogP contribution in [0.1, 0.15) is 20.3 Å². The maximum absolute atomic E-state index is 12.7. The van der Waals surface area contributed by atoms with Gasteiger partial charge in [0.15, 0.2) is 0 Å². The van der Waals surface area contributed by atoms with Gasteiger partial charge in [-0.1, -0.05) is 17.7 Å². The summed E-state index contributed by atoms with van der Waals surface area (Å²) < 4.78 is 75.6. The highest BCUT2D eigenvalue weighted by molar-refractivity contribution is 5.34. The summed E-state index contributed by atoms with van der Waals surface area (Å²) in [5.74, 6) is 0. The van der Waals surface area contributed by atoms with Gasteiger partial charge in [0.05, 0.1) is 5.41 Å². The summed E-state index contributed by atoms with van der Waals surface area (Å²) in [6.45, 7) is 1.97. The van der Waals surface area contributed by atoms with E-state index in [0.29, 0.717) is 13.0 Å². The molecule has 1 rings (SSSR count). The molecule has 92 valence electrons. The number of hydrogen-bond acceptors (Lipinski definition) is 0. The first-order chi connectivity index (χ1) is 6.98. The fraction of sp³-hybridized carbons (Fsp3) is 0.600. The largest absolute Gasteiger partial charge is 0.413 e. The molecule has 0 nitrogen and oxygen atoms in total. The maximum atomic E-state index is 12.7. The minimum Gasteiger partial charge on any atom is -0.170 e. The van der Waals surface area contributed by atoms with Gasteiger partial charge in [0.25, 0.3) is 0 Å². The van der Waals surface area contributed by atoms with Crippen LogP contribution in [0.5, 0.6) is 0 Å². The molecule has 0 aliphatic heterocycles. The van der Waals surface area contributed by atoms with Crippen molar-refractivity contribution in [1.29, 1.82) is 0 Å². The number of rotatable bonds is 0. The molecule has 0 saturated carbocycles. The molecule has 0 aromatic heterocycles.